The number of carboxylic acid groups (broad SMARTS) is 1. The number of carbonyl (C=O) groups excluding carboxylic acids is 1. The molecular weight excluding hydrogens is 1010 g/mol. The van der Waals surface area contributed by atoms with Crippen LogP contribution in [0.2, 0.25) is 0 Å². The number of nitrogens with zero attached hydrogens (tertiary/aromatic N) is 1. The molecule has 4 rings (SSSR count). The first-order valence-corrected chi connectivity index (χ1v) is 26.2. The predicted octanol–water partition coefficient (Wildman–Crippen LogP) is 3.96. The van der Waals surface area contributed by atoms with Crippen LogP contribution in [0.1, 0.15) is 38.3 Å². The Labute approximate surface area is 439 Å². The summed E-state index contributed by atoms with van der Waals surface area (Å²) in [5, 5.41) is 10.4. The molecule has 1 N–H and O–H groups in total. The van der Waals surface area contributed by atoms with Gasteiger partial charge in [0.2, 0.25) is 11.0 Å². The molecule has 0 bridgehead atoms. The molecular formula is C52H75NO21S. The molecule has 0 saturated carbocycles. The zero-order chi connectivity index (χ0) is 54.3. The Morgan fingerprint density at radius 2 is 0.907 bits per heavy atom. The van der Waals surface area contributed by atoms with Crippen LogP contribution in [0.25, 0.3) is 21.8 Å². The minimum atomic E-state index is -4.59. The molecule has 0 fully saturated rings. The van der Waals surface area contributed by atoms with E-state index in [0.717, 1.165) is 0 Å². The number of esters is 1. The first kappa shape index (κ1) is 62.8. The second-order valence-corrected chi connectivity index (χ2v) is 18.4. The van der Waals surface area contributed by atoms with Crippen molar-refractivity contribution in [1.29, 1.82) is 0 Å². The highest BCUT2D eigenvalue weighted by Gasteiger charge is 2.29. The maximum absolute atomic E-state index is 15.1. The lowest BCUT2D eigenvalue weighted by Gasteiger charge is -2.21. The highest BCUT2D eigenvalue weighted by molar-refractivity contribution is 7.85. The Kier molecular flexibility index (Phi) is 29.8. The zero-order valence-electron chi connectivity index (χ0n) is 44.0. The molecule has 0 aliphatic rings. The molecule has 420 valence electrons. The number of aromatic nitrogens is 1. The fraction of sp³-hybridized carbons (Fsp3) is 0.596. The van der Waals surface area contributed by atoms with E-state index >= 15 is 4.79 Å². The molecule has 1 heterocycles. The molecule has 22 nitrogen and oxygen atoms in total. The number of benzene rings is 3. The van der Waals surface area contributed by atoms with Crippen molar-refractivity contribution in [2.45, 2.75) is 39.0 Å². The van der Waals surface area contributed by atoms with E-state index in [9.17, 15) is 22.9 Å². The summed E-state index contributed by atoms with van der Waals surface area (Å²) < 4.78 is 123. The standard InChI is InChI=1S/C52H75NO21S/c1-38-30-40(51(54)55)31-39(2)50(38)74-52(56)49-45-32-41(72-43(34-68-25-21-64-17-13-60-3)35-69-26-22-65-18-14-61-4)8-10-47(45)53(12-7-29-75(57,58)59)48-11-9-42(33-46(48)49)73-44(36-70-27-23-66-19-15-62-5)37-71-28-24-67-20-16-63-6/h8-11,30-33,43-44H,7,12-29,34-37H2,1-6H3,(H-,54,55,57,58,59). The lowest BCUT2D eigenvalue weighted by Crippen LogP contribution is -2.37. The number of fused-ring (bicyclic) bond motifs is 2. The van der Waals surface area contributed by atoms with Crippen molar-refractivity contribution < 1.29 is 103 Å². The van der Waals surface area contributed by atoms with Gasteiger partial charge in [0.15, 0.2) is 6.54 Å². The summed E-state index contributed by atoms with van der Waals surface area (Å²) in [4.78, 5) is 27.0. The third-order valence-corrected chi connectivity index (χ3v) is 11.8. The van der Waals surface area contributed by atoms with Crippen molar-refractivity contribution in [2.75, 3.05) is 166 Å². The Balaban J connectivity index is 1.84. The third kappa shape index (κ3) is 23.2. The number of rotatable bonds is 43. The highest BCUT2D eigenvalue weighted by Crippen LogP contribution is 2.34. The Morgan fingerprint density at radius 1 is 0.547 bits per heavy atom. The summed E-state index contributed by atoms with van der Waals surface area (Å²) in [7, 11) is 1.75. The van der Waals surface area contributed by atoms with Crippen LogP contribution < -0.4 is 18.8 Å². The van der Waals surface area contributed by atoms with Crippen LogP contribution in [0, 0.1) is 13.8 Å². The Hall–Kier alpha value is -4.70. The molecule has 1 aromatic heterocycles. The van der Waals surface area contributed by atoms with Crippen LogP contribution in [0.5, 0.6) is 17.2 Å². The number of aromatic carboxylic acids is 1. The zero-order valence-corrected chi connectivity index (χ0v) is 44.8. The molecule has 75 heavy (non-hydrogen) atoms. The lowest BCUT2D eigenvalue weighted by molar-refractivity contribution is -0.645. The van der Waals surface area contributed by atoms with E-state index in [1.54, 1.807) is 78.7 Å². The number of hydrogen-bond donors (Lipinski definition) is 1. The van der Waals surface area contributed by atoms with Crippen molar-refractivity contribution in [1.82, 2.24) is 0 Å². The van der Waals surface area contributed by atoms with Gasteiger partial charge in [0.05, 0.1) is 164 Å². The number of methoxy groups -OCH3 is 4. The molecule has 23 heteroatoms. The van der Waals surface area contributed by atoms with E-state index in [1.165, 1.54) is 12.1 Å². The van der Waals surface area contributed by atoms with Gasteiger partial charge in [-0.1, -0.05) is 0 Å². The summed E-state index contributed by atoms with van der Waals surface area (Å²) in [5.74, 6) is -1.82. The summed E-state index contributed by atoms with van der Waals surface area (Å²) in [6, 6.07) is 13.0. The minimum absolute atomic E-state index is 0.0182. The fourth-order valence-electron chi connectivity index (χ4n) is 7.49. The van der Waals surface area contributed by atoms with Crippen molar-refractivity contribution in [3.63, 3.8) is 0 Å². The predicted molar refractivity (Wildman–Crippen MR) is 272 cm³/mol. The van der Waals surface area contributed by atoms with Gasteiger partial charge < -0.3 is 80.7 Å². The fourth-order valence-corrected chi connectivity index (χ4v) is 7.97. The quantitative estimate of drug-likeness (QED) is 0.0164. The van der Waals surface area contributed by atoms with Gasteiger partial charge >= 0.3 is 11.9 Å². The molecule has 0 spiro atoms. The number of hydrogen-bond acceptors (Lipinski definition) is 20. The molecule has 4 aromatic rings. The van der Waals surface area contributed by atoms with E-state index in [1.807, 2.05) is 4.57 Å². The SMILES string of the molecule is COCCOCCOCC(COCCOCCOC)Oc1ccc2c(c1)c(C(=O)Oc1c(C)cc(C(=O)O)cc1C)c1cc(OC(COCCOCCOC)COCCOCCOC)ccc1[n+]2CCCS(=O)(=O)[O-]. The molecule has 0 unspecified atom stereocenters. The second kappa shape index (κ2) is 35.6. The number of carbonyl (C=O) groups is 2. The molecule has 0 aliphatic heterocycles. The lowest BCUT2D eigenvalue weighted by atomic mass is 10.0. The highest BCUT2D eigenvalue weighted by atomic mass is 32.2. The Morgan fingerprint density at radius 3 is 1.25 bits per heavy atom. The largest absolute Gasteiger partial charge is 0.748 e. The van der Waals surface area contributed by atoms with Crippen LogP contribution >= 0.6 is 0 Å². The van der Waals surface area contributed by atoms with Gasteiger partial charge in [-0.15, -0.1) is 0 Å². The average molecular weight is 1080 g/mol. The molecule has 0 saturated heterocycles. The van der Waals surface area contributed by atoms with Crippen LogP contribution in [-0.2, 0) is 73.5 Å². The van der Waals surface area contributed by atoms with E-state index in [2.05, 4.69) is 0 Å². The second-order valence-electron chi connectivity index (χ2n) is 16.8. The molecule has 0 aliphatic carbocycles. The van der Waals surface area contributed by atoms with Gasteiger partial charge in [0, 0.05) is 52.7 Å². The first-order valence-electron chi connectivity index (χ1n) is 24.6. The van der Waals surface area contributed by atoms with Crippen LogP contribution in [0.4, 0.5) is 0 Å². The van der Waals surface area contributed by atoms with Crippen LogP contribution in [0.3, 0.4) is 0 Å². The van der Waals surface area contributed by atoms with E-state index in [4.69, 9.17) is 71.1 Å². The van der Waals surface area contributed by atoms with Crippen LogP contribution in [0.15, 0.2) is 48.5 Å². The number of aryl methyl sites for hydroxylation is 3. The summed E-state index contributed by atoms with van der Waals surface area (Å²) >= 11 is 0. The summed E-state index contributed by atoms with van der Waals surface area (Å²) in [6.45, 7) is 9.30. The minimum Gasteiger partial charge on any atom is -0.748 e. The molecule has 3 aromatic carbocycles. The number of ether oxygens (including phenoxy) is 15. The number of pyridine rings is 1. The summed E-state index contributed by atoms with van der Waals surface area (Å²) in [5.41, 5.74) is 1.84. The average Bonchev–Trinajstić information content (AvgIpc) is 3.37. The van der Waals surface area contributed by atoms with Gasteiger partial charge in [-0.25, -0.2) is 18.0 Å². The van der Waals surface area contributed by atoms with E-state index in [0.29, 0.717) is 124 Å². The molecule has 0 amide bonds. The smallest absolute Gasteiger partial charge is 0.345 e. The molecule has 0 radical (unpaired) electrons. The molecule has 0 atom stereocenters. The van der Waals surface area contributed by atoms with Gasteiger partial charge in [-0.2, -0.15) is 4.57 Å². The Bertz CT molecular complexity index is 2260. The van der Waals surface area contributed by atoms with Gasteiger partial charge in [0.1, 0.15) is 29.5 Å². The topological polar surface area (TPSA) is 254 Å². The van der Waals surface area contributed by atoms with Gasteiger partial charge in [0.25, 0.3) is 0 Å². The van der Waals surface area contributed by atoms with E-state index < -0.39 is 40.0 Å². The number of carboxylic acids is 1. The van der Waals surface area contributed by atoms with Crippen molar-refractivity contribution >= 4 is 43.9 Å². The summed E-state index contributed by atoms with van der Waals surface area (Å²) in [6.07, 6.45) is -1.39. The van der Waals surface area contributed by atoms with Crippen LogP contribution in [-0.4, -0.2) is 209 Å². The third-order valence-electron chi connectivity index (χ3n) is 11.0. The van der Waals surface area contributed by atoms with Gasteiger partial charge in [-0.3, -0.25) is 0 Å². The van der Waals surface area contributed by atoms with Crippen molar-refractivity contribution in [3.05, 3.63) is 70.8 Å². The maximum atomic E-state index is 15.1. The normalized spacial score (nSPS) is 11.9. The van der Waals surface area contributed by atoms with Crippen molar-refractivity contribution in [3.8, 4) is 17.2 Å². The monoisotopic (exact) mass is 1080 g/mol. The maximum Gasteiger partial charge on any atom is 0.345 e. The van der Waals surface area contributed by atoms with Gasteiger partial charge in [-0.05, 0) is 61.4 Å². The first-order chi connectivity index (χ1) is 36.3. The van der Waals surface area contributed by atoms with E-state index in [-0.39, 0.29) is 82.7 Å². The van der Waals surface area contributed by atoms with Crippen molar-refractivity contribution in [2.24, 2.45) is 0 Å².